The van der Waals surface area contributed by atoms with Crippen molar-refractivity contribution in [3.8, 4) is 0 Å². The second kappa shape index (κ2) is 6.71. The Kier molecular flexibility index (Phi) is 4.66. The number of carbonyl (C=O) groups excluding carboxylic acids is 1. The highest BCUT2D eigenvalue weighted by Crippen LogP contribution is 2.23. The SMILES string of the molecule is Cc1cccc2[nH]c(CCC(=O)N3CCC(C)CC3CN)nc12. The number of amides is 1. The van der Waals surface area contributed by atoms with Gasteiger partial charge in [-0.15, -0.1) is 0 Å². The normalized spacial score (nSPS) is 21.8. The average Bonchev–Trinajstić information content (AvgIpc) is 2.97. The highest BCUT2D eigenvalue weighted by Gasteiger charge is 2.28. The number of aryl methyl sites for hydroxylation is 2. The van der Waals surface area contributed by atoms with E-state index in [4.69, 9.17) is 5.73 Å². The van der Waals surface area contributed by atoms with E-state index in [1.165, 1.54) is 0 Å². The van der Waals surface area contributed by atoms with Crippen molar-refractivity contribution >= 4 is 16.9 Å². The van der Waals surface area contributed by atoms with E-state index in [1.807, 2.05) is 17.0 Å². The van der Waals surface area contributed by atoms with Crippen molar-refractivity contribution in [1.29, 1.82) is 0 Å². The van der Waals surface area contributed by atoms with E-state index in [9.17, 15) is 4.79 Å². The minimum absolute atomic E-state index is 0.198. The Labute approximate surface area is 137 Å². The maximum absolute atomic E-state index is 12.6. The van der Waals surface area contributed by atoms with E-state index >= 15 is 0 Å². The number of carbonyl (C=O) groups is 1. The molecule has 0 aliphatic carbocycles. The number of hydrogen-bond donors (Lipinski definition) is 2. The van der Waals surface area contributed by atoms with Gasteiger partial charge in [-0.3, -0.25) is 4.79 Å². The van der Waals surface area contributed by atoms with Crippen LogP contribution in [0.3, 0.4) is 0 Å². The molecule has 3 N–H and O–H groups in total. The fraction of sp³-hybridized carbons (Fsp3) is 0.556. The van der Waals surface area contributed by atoms with Crippen LogP contribution in [0.25, 0.3) is 11.0 Å². The Morgan fingerprint density at radius 3 is 3.04 bits per heavy atom. The van der Waals surface area contributed by atoms with Gasteiger partial charge in [0.1, 0.15) is 5.82 Å². The number of aromatic amines is 1. The molecule has 124 valence electrons. The molecule has 5 heteroatoms. The number of nitrogens with two attached hydrogens (primary N) is 1. The highest BCUT2D eigenvalue weighted by molar-refractivity contribution is 5.79. The van der Waals surface area contributed by atoms with Crippen molar-refractivity contribution in [2.75, 3.05) is 13.1 Å². The second-order valence-corrected chi connectivity index (χ2v) is 6.76. The quantitative estimate of drug-likeness (QED) is 0.910. The standard InChI is InChI=1S/C18H26N4O/c1-12-8-9-22(14(10-12)11-19)17(23)7-6-16-20-15-5-3-4-13(2)18(15)21-16/h3-5,12,14H,6-11,19H2,1-2H3,(H,20,21). The van der Waals surface area contributed by atoms with Gasteiger partial charge in [0.05, 0.1) is 11.0 Å². The lowest BCUT2D eigenvalue weighted by Gasteiger charge is -2.38. The monoisotopic (exact) mass is 314 g/mol. The Morgan fingerprint density at radius 1 is 1.48 bits per heavy atom. The van der Waals surface area contributed by atoms with Crippen LogP contribution in [0, 0.1) is 12.8 Å². The first-order valence-corrected chi connectivity index (χ1v) is 8.52. The largest absolute Gasteiger partial charge is 0.342 e. The number of nitrogens with one attached hydrogen (secondary N) is 1. The molecule has 0 bridgehead atoms. The highest BCUT2D eigenvalue weighted by atomic mass is 16.2. The van der Waals surface area contributed by atoms with Gasteiger partial charge in [0, 0.05) is 32.0 Å². The number of para-hydroxylation sites is 1. The number of piperidine rings is 1. The van der Waals surface area contributed by atoms with Gasteiger partial charge < -0.3 is 15.6 Å². The van der Waals surface area contributed by atoms with E-state index in [2.05, 4.69) is 29.9 Å². The maximum atomic E-state index is 12.6. The molecule has 1 aromatic heterocycles. The molecule has 1 fully saturated rings. The molecule has 3 rings (SSSR count). The van der Waals surface area contributed by atoms with Crippen molar-refractivity contribution in [3.05, 3.63) is 29.6 Å². The maximum Gasteiger partial charge on any atom is 0.223 e. The number of nitrogens with zero attached hydrogens (tertiary/aromatic N) is 2. The number of H-pyrrole nitrogens is 1. The van der Waals surface area contributed by atoms with Crippen molar-refractivity contribution in [2.24, 2.45) is 11.7 Å². The van der Waals surface area contributed by atoms with Crippen molar-refractivity contribution in [1.82, 2.24) is 14.9 Å². The van der Waals surface area contributed by atoms with Gasteiger partial charge in [-0.2, -0.15) is 0 Å². The first-order chi connectivity index (χ1) is 11.1. The number of fused-ring (bicyclic) bond motifs is 1. The molecular formula is C18H26N4O. The number of likely N-dealkylation sites (tertiary alicyclic amines) is 1. The third-order valence-corrected chi connectivity index (χ3v) is 4.91. The van der Waals surface area contributed by atoms with Crippen LogP contribution in [0.15, 0.2) is 18.2 Å². The lowest BCUT2D eigenvalue weighted by atomic mass is 9.92. The zero-order chi connectivity index (χ0) is 16.4. The lowest BCUT2D eigenvalue weighted by molar-refractivity contribution is -0.135. The number of rotatable bonds is 4. The summed E-state index contributed by atoms with van der Waals surface area (Å²) in [4.78, 5) is 22.5. The van der Waals surface area contributed by atoms with Crippen LogP contribution in [0.5, 0.6) is 0 Å². The van der Waals surface area contributed by atoms with Gasteiger partial charge >= 0.3 is 0 Å². The Bertz CT molecular complexity index is 693. The molecule has 1 saturated heterocycles. The van der Waals surface area contributed by atoms with Crippen LogP contribution in [0.1, 0.15) is 37.6 Å². The predicted molar refractivity (Wildman–Crippen MR) is 92.1 cm³/mol. The van der Waals surface area contributed by atoms with Crippen molar-refractivity contribution in [2.45, 2.75) is 45.6 Å². The topological polar surface area (TPSA) is 75.0 Å². The number of benzene rings is 1. The molecule has 5 nitrogen and oxygen atoms in total. The summed E-state index contributed by atoms with van der Waals surface area (Å²) in [7, 11) is 0. The van der Waals surface area contributed by atoms with Crippen LogP contribution < -0.4 is 5.73 Å². The molecule has 2 aromatic rings. The van der Waals surface area contributed by atoms with Crippen LogP contribution >= 0.6 is 0 Å². The van der Waals surface area contributed by atoms with E-state index in [1.54, 1.807) is 0 Å². The second-order valence-electron chi connectivity index (χ2n) is 6.76. The van der Waals surface area contributed by atoms with Gasteiger partial charge in [-0.25, -0.2) is 4.98 Å². The van der Waals surface area contributed by atoms with E-state index in [-0.39, 0.29) is 11.9 Å². The van der Waals surface area contributed by atoms with E-state index in [0.29, 0.717) is 25.3 Å². The molecule has 1 amide bonds. The van der Waals surface area contributed by atoms with Gasteiger partial charge in [0.25, 0.3) is 0 Å². The fourth-order valence-electron chi connectivity index (χ4n) is 3.52. The molecule has 2 unspecified atom stereocenters. The number of aromatic nitrogens is 2. The zero-order valence-electron chi connectivity index (χ0n) is 14.0. The molecule has 2 atom stereocenters. The van der Waals surface area contributed by atoms with Gasteiger partial charge in [-0.1, -0.05) is 19.1 Å². The van der Waals surface area contributed by atoms with Crippen LogP contribution in [0.4, 0.5) is 0 Å². The average molecular weight is 314 g/mol. The summed E-state index contributed by atoms with van der Waals surface area (Å²) in [6.07, 6.45) is 3.23. The van der Waals surface area contributed by atoms with Crippen LogP contribution in [-0.2, 0) is 11.2 Å². The Hall–Kier alpha value is -1.88. The van der Waals surface area contributed by atoms with Gasteiger partial charge in [0.2, 0.25) is 5.91 Å². The first kappa shape index (κ1) is 16.0. The van der Waals surface area contributed by atoms with E-state index in [0.717, 1.165) is 41.8 Å². The molecule has 0 radical (unpaired) electrons. The summed E-state index contributed by atoms with van der Waals surface area (Å²) in [6.45, 7) is 5.68. The summed E-state index contributed by atoms with van der Waals surface area (Å²) < 4.78 is 0. The molecule has 23 heavy (non-hydrogen) atoms. The van der Waals surface area contributed by atoms with Crippen LogP contribution in [-0.4, -0.2) is 39.9 Å². The summed E-state index contributed by atoms with van der Waals surface area (Å²) in [5, 5.41) is 0. The molecule has 0 spiro atoms. The Balaban J connectivity index is 1.64. The van der Waals surface area contributed by atoms with Crippen molar-refractivity contribution < 1.29 is 4.79 Å². The summed E-state index contributed by atoms with van der Waals surface area (Å²) in [5.74, 6) is 1.74. The van der Waals surface area contributed by atoms with E-state index < -0.39 is 0 Å². The summed E-state index contributed by atoms with van der Waals surface area (Å²) in [5.41, 5.74) is 9.06. The molecule has 1 aliphatic heterocycles. The number of imidazole rings is 1. The van der Waals surface area contributed by atoms with Crippen molar-refractivity contribution in [3.63, 3.8) is 0 Å². The molecule has 2 heterocycles. The minimum Gasteiger partial charge on any atom is -0.342 e. The minimum atomic E-state index is 0.198. The third kappa shape index (κ3) is 3.39. The Morgan fingerprint density at radius 2 is 2.30 bits per heavy atom. The summed E-state index contributed by atoms with van der Waals surface area (Å²) in [6, 6.07) is 6.30. The fourth-order valence-corrected chi connectivity index (χ4v) is 3.52. The predicted octanol–water partition coefficient (Wildman–Crippen LogP) is 2.39. The smallest absolute Gasteiger partial charge is 0.223 e. The molecular weight excluding hydrogens is 288 g/mol. The lowest BCUT2D eigenvalue weighted by Crippen LogP contribution is -2.49. The molecule has 1 aromatic carbocycles. The first-order valence-electron chi connectivity index (χ1n) is 8.52. The number of hydrogen-bond acceptors (Lipinski definition) is 3. The van der Waals surface area contributed by atoms with Gasteiger partial charge in [-0.05, 0) is 37.3 Å². The van der Waals surface area contributed by atoms with Gasteiger partial charge in [0.15, 0.2) is 0 Å². The zero-order valence-corrected chi connectivity index (χ0v) is 14.0. The van der Waals surface area contributed by atoms with Crippen LogP contribution in [0.2, 0.25) is 0 Å². The molecule has 1 aliphatic rings. The molecule has 0 saturated carbocycles. The third-order valence-electron chi connectivity index (χ3n) is 4.91. The summed E-state index contributed by atoms with van der Waals surface area (Å²) >= 11 is 0.